The quantitative estimate of drug-likeness (QED) is 0.785. The Morgan fingerprint density at radius 1 is 0.789 bits per heavy atom. The van der Waals surface area contributed by atoms with Gasteiger partial charge in [0.2, 0.25) is 0 Å². The van der Waals surface area contributed by atoms with Gasteiger partial charge in [0, 0.05) is 19.1 Å². The van der Waals surface area contributed by atoms with Gasteiger partial charge in [-0.2, -0.15) is 0 Å². The normalized spacial score (nSPS) is 25.2. The van der Waals surface area contributed by atoms with Gasteiger partial charge in [-0.15, -0.1) is 0 Å². The van der Waals surface area contributed by atoms with Crippen LogP contribution in [-0.4, -0.2) is 40.3 Å². The fourth-order valence-electron chi connectivity index (χ4n) is 3.46. The first-order valence-corrected chi connectivity index (χ1v) is 8.06. The standard InChI is InChI=1S/C15H28N2O2/c18-15(19)17-13-9-5-4-8-12-16(17)14-10-6-2-1-3-7-11-14/h14H,1-13H2,(H,18,19). The van der Waals surface area contributed by atoms with E-state index in [-0.39, 0.29) is 0 Å². The molecule has 0 aromatic heterocycles. The largest absolute Gasteiger partial charge is 0.464 e. The van der Waals surface area contributed by atoms with Crippen LogP contribution in [0.25, 0.3) is 0 Å². The molecule has 0 spiro atoms. The van der Waals surface area contributed by atoms with Crippen molar-refractivity contribution in [3.05, 3.63) is 0 Å². The lowest BCUT2D eigenvalue weighted by molar-refractivity contribution is -0.0551. The van der Waals surface area contributed by atoms with Gasteiger partial charge >= 0.3 is 6.09 Å². The van der Waals surface area contributed by atoms with E-state index in [2.05, 4.69) is 5.01 Å². The monoisotopic (exact) mass is 268 g/mol. The molecule has 4 nitrogen and oxygen atoms in total. The van der Waals surface area contributed by atoms with Crippen molar-refractivity contribution < 1.29 is 9.90 Å². The van der Waals surface area contributed by atoms with Crippen molar-refractivity contribution in [1.82, 2.24) is 10.0 Å². The van der Waals surface area contributed by atoms with E-state index in [4.69, 9.17) is 0 Å². The average molecular weight is 268 g/mol. The van der Waals surface area contributed by atoms with Crippen molar-refractivity contribution in [1.29, 1.82) is 0 Å². The van der Waals surface area contributed by atoms with Gasteiger partial charge in [-0.3, -0.25) is 0 Å². The Hall–Kier alpha value is -0.770. The molecule has 0 unspecified atom stereocenters. The number of carbonyl (C=O) groups is 1. The number of nitrogens with zero attached hydrogens (tertiary/aromatic N) is 2. The zero-order chi connectivity index (χ0) is 13.5. The molecule has 0 bridgehead atoms. The average Bonchev–Trinajstić information content (AvgIpc) is 2.29. The number of rotatable bonds is 1. The lowest BCUT2D eigenvalue weighted by Gasteiger charge is -2.40. The van der Waals surface area contributed by atoms with E-state index < -0.39 is 6.09 Å². The van der Waals surface area contributed by atoms with Gasteiger partial charge in [0.15, 0.2) is 0 Å². The molecular formula is C15H28N2O2. The van der Waals surface area contributed by atoms with Gasteiger partial charge in [0.25, 0.3) is 0 Å². The van der Waals surface area contributed by atoms with Gasteiger partial charge in [-0.05, 0) is 25.7 Å². The Bertz CT molecular complexity index is 275. The van der Waals surface area contributed by atoms with Crippen molar-refractivity contribution in [3.8, 4) is 0 Å². The first-order chi connectivity index (χ1) is 9.29. The van der Waals surface area contributed by atoms with Crippen molar-refractivity contribution in [3.63, 3.8) is 0 Å². The van der Waals surface area contributed by atoms with E-state index in [0.29, 0.717) is 12.6 Å². The Morgan fingerprint density at radius 2 is 1.32 bits per heavy atom. The van der Waals surface area contributed by atoms with E-state index in [9.17, 15) is 9.90 Å². The summed E-state index contributed by atoms with van der Waals surface area (Å²) in [6.45, 7) is 1.61. The van der Waals surface area contributed by atoms with Gasteiger partial charge in [-0.1, -0.05) is 44.9 Å². The topological polar surface area (TPSA) is 43.8 Å². The molecule has 1 amide bonds. The molecular weight excluding hydrogens is 240 g/mol. The number of hydrogen-bond donors (Lipinski definition) is 1. The molecule has 1 saturated carbocycles. The molecule has 1 N–H and O–H groups in total. The van der Waals surface area contributed by atoms with Crippen LogP contribution in [0.1, 0.15) is 70.6 Å². The maximum atomic E-state index is 11.5. The number of amides is 1. The fraction of sp³-hybridized carbons (Fsp3) is 0.933. The Morgan fingerprint density at radius 3 is 1.95 bits per heavy atom. The molecule has 2 fully saturated rings. The molecule has 2 aliphatic rings. The molecule has 0 atom stereocenters. The molecule has 1 aliphatic heterocycles. The van der Waals surface area contributed by atoms with E-state index in [1.54, 1.807) is 5.01 Å². The Labute approximate surface area is 116 Å². The van der Waals surface area contributed by atoms with Crippen LogP contribution in [0.4, 0.5) is 4.79 Å². The third kappa shape index (κ3) is 4.37. The summed E-state index contributed by atoms with van der Waals surface area (Å²) in [5.74, 6) is 0. The molecule has 0 aromatic carbocycles. The van der Waals surface area contributed by atoms with Crippen LogP contribution < -0.4 is 0 Å². The molecule has 1 aliphatic carbocycles. The van der Waals surface area contributed by atoms with E-state index in [0.717, 1.165) is 19.4 Å². The highest BCUT2D eigenvalue weighted by Gasteiger charge is 2.28. The minimum atomic E-state index is -0.760. The number of hydrazine groups is 1. The smallest absolute Gasteiger partial charge is 0.421 e. The summed E-state index contributed by atoms with van der Waals surface area (Å²) in [6.07, 6.45) is 12.7. The van der Waals surface area contributed by atoms with Crippen LogP contribution >= 0.6 is 0 Å². The van der Waals surface area contributed by atoms with Gasteiger partial charge in [-0.25, -0.2) is 14.8 Å². The zero-order valence-electron chi connectivity index (χ0n) is 12.0. The maximum Gasteiger partial charge on any atom is 0.421 e. The summed E-state index contributed by atoms with van der Waals surface area (Å²) in [5.41, 5.74) is 0. The van der Waals surface area contributed by atoms with Crippen molar-refractivity contribution in [2.75, 3.05) is 13.1 Å². The highest BCUT2D eigenvalue weighted by Crippen LogP contribution is 2.24. The number of carboxylic acid groups (broad SMARTS) is 1. The molecule has 0 radical (unpaired) electrons. The summed E-state index contributed by atoms with van der Waals surface area (Å²) in [7, 11) is 0. The lowest BCUT2D eigenvalue weighted by atomic mass is 9.96. The third-order valence-corrected chi connectivity index (χ3v) is 4.53. The van der Waals surface area contributed by atoms with Crippen LogP contribution in [0, 0.1) is 0 Å². The van der Waals surface area contributed by atoms with Crippen LogP contribution in [0.15, 0.2) is 0 Å². The van der Waals surface area contributed by atoms with Crippen molar-refractivity contribution >= 4 is 6.09 Å². The predicted molar refractivity (Wildman–Crippen MR) is 76.0 cm³/mol. The molecule has 2 rings (SSSR count). The molecule has 19 heavy (non-hydrogen) atoms. The van der Waals surface area contributed by atoms with E-state index in [1.165, 1.54) is 57.8 Å². The third-order valence-electron chi connectivity index (χ3n) is 4.53. The van der Waals surface area contributed by atoms with Crippen molar-refractivity contribution in [2.45, 2.75) is 76.7 Å². The predicted octanol–water partition coefficient (Wildman–Crippen LogP) is 3.87. The van der Waals surface area contributed by atoms with Gasteiger partial charge in [0.05, 0.1) is 0 Å². The van der Waals surface area contributed by atoms with E-state index >= 15 is 0 Å². The van der Waals surface area contributed by atoms with Crippen LogP contribution in [-0.2, 0) is 0 Å². The zero-order valence-corrected chi connectivity index (χ0v) is 12.0. The van der Waals surface area contributed by atoms with Gasteiger partial charge in [0.1, 0.15) is 0 Å². The van der Waals surface area contributed by atoms with Crippen molar-refractivity contribution in [2.24, 2.45) is 0 Å². The Kier molecular flexibility index (Phi) is 5.95. The first-order valence-electron chi connectivity index (χ1n) is 8.06. The second kappa shape index (κ2) is 7.73. The first kappa shape index (κ1) is 14.6. The van der Waals surface area contributed by atoms with Crippen LogP contribution in [0.5, 0.6) is 0 Å². The molecule has 1 saturated heterocycles. The molecule has 110 valence electrons. The lowest BCUT2D eigenvalue weighted by Crippen LogP contribution is -2.52. The van der Waals surface area contributed by atoms with Crippen LogP contribution in [0.3, 0.4) is 0 Å². The molecule has 4 heteroatoms. The summed E-state index contributed by atoms with van der Waals surface area (Å²) >= 11 is 0. The van der Waals surface area contributed by atoms with Crippen LogP contribution in [0.2, 0.25) is 0 Å². The summed E-state index contributed by atoms with van der Waals surface area (Å²) < 4.78 is 0. The fourth-order valence-corrected chi connectivity index (χ4v) is 3.46. The second-order valence-corrected chi connectivity index (χ2v) is 5.98. The summed E-state index contributed by atoms with van der Waals surface area (Å²) in [6, 6.07) is 0.453. The number of hydrogen-bond acceptors (Lipinski definition) is 2. The maximum absolute atomic E-state index is 11.5. The SMILES string of the molecule is O=C(O)N1CCCCCCN1C1CCCCCCC1. The molecule has 0 aromatic rings. The second-order valence-electron chi connectivity index (χ2n) is 5.98. The minimum absolute atomic E-state index is 0.453. The highest BCUT2D eigenvalue weighted by atomic mass is 16.4. The van der Waals surface area contributed by atoms with Gasteiger partial charge < -0.3 is 5.11 Å². The highest BCUT2D eigenvalue weighted by molar-refractivity contribution is 5.64. The summed E-state index contributed by atoms with van der Waals surface area (Å²) in [5, 5.41) is 13.3. The minimum Gasteiger partial charge on any atom is -0.464 e. The Balaban J connectivity index is 2.03. The summed E-state index contributed by atoms with van der Waals surface area (Å²) in [4.78, 5) is 11.5. The molecule has 1 heterocycles. The van der Waals surface area contributed by atoms with E-state index in [1.807, 2.05) is 0 Å².